The highest BCUT2D eigenvalue weighted by Crippen LogP contribution is 2.45. The van der Waals surface area contributed by atoms with Crippen molar-refractivity contribution in [1.82, 2.24) is 25.2 Å². The highest BCUT2D eigenvalue weighted by molar-refractivity contribution is 7.22. The first kappa shape index (κ1) is 31.6. The number of nitrogen functional groups attached to an aromatic ring is 1. The van der Waals surface area contributed by atoms with Crippen LogP contribution in [0.1, 0.15) is 45.4 Å². The molecule has 4 aromatic rings. The molecule has 0 aliphatic carbocycles. The van der Waals surface area contributed by atoms with E-state index < -0.39 is 29.3 Å². The number of halogens is 5. The average molecular weight is 650 g/mol. The number of alkyl halides is 3. The summed E-state index contributed by atoms with van der Waals surface area (Å²) in [5.74, 6) is -0.930. The summed E-state index contributed by atoms with van der Waals surface area (Å²) in [4.78, 5) is 17.3. The number of nitrogens with zero attached hydrogens (tertiary/aromatic N) is 5. The summed E-state index contributed by atoms with van der Waals surface area (Å²) in [6.45, 7) is 8.35. The molecule has 0 spiro atoms. The predicted octanol–water partition coefficient (Wildman–Crippen LogP) is 6.52. The molecular weight excluding hydrogens is 613 g/mol. The minimum atomic E-state index is -5.12. The first-order valence-electron chi connectivity index (χ1n) is 15.2. The fraction of sp³-hybridized carbons (Fsp3) is 0.516. The highest BCUT2D eigenvalue weighted by atomic mass is 32.1. The first-order chi connectivity index (χ1) is 21.4. The van der Waals surface area contributed by atoms with Crippen LogP contribution in [-0.2, 0) is 6.42 Å². The van der Waals surface area contributed by atoms with Gasteiger partial charge >= 0.3 is 6.36 Å². The fourth-order valence-electron chi connectivity index (χ4n) is 6.79. The fourth-order valence-corrected chi connectivity index (χ4v) is 7.56. The van der Waals surface area contributed by atoms with E-state index >= 15 is 4.39 Å². The molecule has 5 heterocycles. The molecule has 8 nitrogen and oxygen atoms in total. The molecule has 45 heavy (non-hydrogen) atoms. The van der Waals surface area contributed by atoms with Crippen LogP contribution in [0.5, 0.6) is 5.75 Å². The van der Waals surface area contributed by atoms with Gasteiger partial charge in [0.2, 0.25) is 0 Å². The van der Waals surface area contributed by atoms with E-state index in [-0.39, 0.29) is 37.9 Å². The number of anilines is 2. The van der Waals surface area contributed by atoms with Gasteiger partial charge in [0.1, 0.15) is 28.7 Å². The second-order valence-corrected chi connectivity index (χ2v) is 13.1. The molecule has 0 amide bonds. The largest absolute Gasteiger partial charge is 0.573 e. The monoisotopic (exact) mass is 649 g/mol. The average Bonchev–Trinajstić information content (AvgIpc) is 3.78. The zero-order valence-electron chi connectivity index (χ0n) is 25.3. The molecule has 3 N–H and O–H groups in total. The Balaban J connectivity index is 0.000000337. The van der Waals surface area contributed by atoms with Crippen molar-refractivity contribution < 1.29 is 26.7 Å². The van der Waals surface area contributed by atoms with Crippen LogP contribution in [-0.4, -0.2) is 71.5 Å². The molecule has 14 heteroatoms. The summed E-state index contributed by atoms with van der Waals surface area (Å²) in [7, 11) is 1.76. The van der Waals surface area contributed by atoms with Crippen LogP contribution >= 0.6 is 11.3 Å². The van der Waals surface area contributed by atoms with E-state index in [0.717, 1.165) is 54.5 Å². The number of nitrogens with two attached hydrogens (primary N) is 1. The van der Waals surface area contributed by atoms with E-state index in [0.29, 0.717) is 24.6 Å². The van der Waals surface area contributed by atoms with Crippen LogP contribution in [0, 0.1) is 17.6 Å². The Bertz CT molecular complexity index is 1700. The lowest BCUT2D eigenvalue weighted by molar-refractivity contribution is -0.274. The standard InChI is InChI=1S/C23H21F5N6OS.C8H15N/c1-3-15-31-18-12(21(32-15)34(2)10-6-7-30-9-10)8-14(35-23(26,27)28)16(17(18)25)11-4-5-13(24)20-19(11)33-22(29)36-20;1-7-5-8-3-2-4-9(8)6-7/h4-5,8,10,30H,3,6-7,9H2,1-2H3,(H2,29,33);7-8H,2-6H2,1H3. The molecule has 0 saturated carbocycles. The topological polar surface area (TPSA) is 92.4 Å². The number of hydrogen-bond donors (Lipinski definition) is 2. The SMILES string of the molecule is CC1CC2CCCN2C1.CCc1nc(N(C)C2CCNC2)c2cc(OC(F)(F)F)c(-c3ccc(F)c4sc(N)nc34)c(F)c2n1. The molecule has 0 radical (unpaired) electrons. The van der Waals surface area contributed by atoms with E-state index in [2.05, 4.69) is 36.8 Å². The van der Waals surface area contributed by atoms with Gasteiger partial charge in [-0.2, -0.15) is 0 Å². The number of ether oxygens (including phenoxy) is 1. The number of aryl methyl sites for hydroxylation is 1. The van der Waals surface area contributed by atoms with Crippen molar-refractivity contribution in [2.75, 3.05) is 43.9 Å². The van der Waals surface area contributed by atoms with E-state index in [1.54, 1.807) is 14.0 Å². The minimum absolute atomic E-state index is 0.00598. The number of fused-ring (bicyclic) bond motifs is 3. The number of rotatable bonds is 5. The molecule has 3 saturated heterocycles. The van der Waals surface area contributed by atoms with Gasteiger partial charge in [-0.15, -0.1) is 13.2 Å². The lowest BCUT2D eigenvalue weighted by Gasteiger charge is -2.27. The van der Waals surface area contributed by atoms with E-state index in [1.165, 1.54) is 32.4 Å². The Kier molecular flexibility index (Phi) is 8.74. The molecule has 2 aromatic carbocycles. The summed E-state index contributed by atoms with van der Waals surface area (Å²) < 4.78 is 75.4. The Hall–Kier alpha value is -3.36. The zero-order valence-corrected chi connectivity index (χ0v) is 26.2. The van der Waals surface area contributed by atoms with Crippen molar-refractivity contribution in [2.24, 2.45) is 5.92 Å². The van der Waals surface area contributed by atoms with Crippen LogP contribution in [0.3, 0.4) is 0 Å². The Morgan fingerprint density at radius 3 is 2.64 bits per heavy atom. The summed E-state index contributed by atoms with van der Waals surface area (Å²) in [6.07, 6.45) is 0.440. The van der Waals surface area contributed by atoms with Gasteiger partial charge in [-0.05, 0) is 62.9 Å². The van der Waals surface area contributed by atoms with Crippen molar-refractivity contribution in [3.8, 4) is 16.9 Å². The van der Waals surface area contributed by atoms with E-state index in [1.807, 2.05) is 4.90 Å². The van der Waals surface area contributed by atoms with Crippen LogP contribution in [0.4, 0.5) is 32.9 Å². The van der Waals surface area contributed by atoms with Gasteiger partial charge in [0, 0.05) is 49.6 Å². The molecule has 3 unspecified atom stereocenters. The lowest BCUT2D eigenvalue weighted by Crippen LogP contribution is -2.34. The molecule has 3 aliphatic heterocycles. The van der Waals surface area contributed by atoms with Gasteiger partial charge < -0.3 is 25.6 Å². The third-order valence-corrected chi connectivity index (χ3v) is 9.77. The second kappa shape index (κ2) is 12.4. The van der Waals surface area contributed by atoms with Gasteiger partial charge in [-0.3, -0.25) is 0 Å². The number of nitrogens with one attached hydrogen (secondary N) is 1. The summed E-state index contributed by atoms with van der Waals surface area (Å²) in [5.41, 5.74) is 4.87. The summed E-state index contributed by atoms with van der Waals surface area (Å²) in [6, 6.07) is 4.26. The molecule has 3 aliphatic rings. The molecule has 0 bridgehead atoms. The summed E-state index contributed by atoms with van der Waals surface area (Å²) >= 11 is 0.811. The maximum Gasteiger partial charge on any atom is 0.573 e. The second-order valence-electron chi connectivity index (χ2n) is 12.0. The summed E-state index contributed by atoms with van der Waals surface area (Å²) in [5, 5.41) is 3.28. The van der Waals surface area contributed by atoms with Crippen molar-refractivity contribution in [3.05, 3.63) is 35.7 Å². The minimum Gasteiger partial charge on any atom is -0.405 e. The van der Waals surface area contributed by atoms with Crippen molar-refractivity contribution in [2.45, 2.75) is 64.4 Å². The quantitative estimate of drug-likeness (QED) is 0.236. The van der Waals surface area contributed by atoms with Crippen LogP contribution in [0.2, 0.25) is 0 Å². The predicted molar refractivity (Wildman–Crippen MR) is 167 cm³/mol. The maximum atomic E-state index is 16.2. The van der Waals surface area contributed by atoms with Crippen molar-refractivity contribution >= 4 is 43.4 Å². The lowest BCUT2D eigenvalue weighted by atomic mass is 9.99. The zero-order chi connectivity index (χ0) is 32.0. The molecule has 7 rings (SSSR count). The number of likely N-dealkylation sites (N-methyl/N-ethyl adjacent to an activating group) is 1. The number of benzene rings is 2. The highest BCUT2D eigenvalue weighted by Gasteiger charge is 2.36. The molecule has 3 fully saturated rings. The smallest absolute Gasteiger partial charge is 0.405 e. The van der Waals surface area contributed by atoms with E-state index in [4.69, 9.17) is 5.73 Å². The van der Waals surface area contributed by atoms with Gasteiger partial charge in [0.25, 0.3) is 0 Å². The Labute approximate surface area is 261 Å². The van der Waals surface area contributed by atoms with Gasteiger partial charge in [-0.25, -0.2) is 23.7 Å². The third kappa shape index (κ3) is 6.36. The Morgan fingerprint density at radius 1 is 1.16 bits per heavy atom. The van der Waals surface area contributed by atoms with Gasteiger partial charge in [0.15, 0.2) is 10.9 Å². The van der Waals surface area contributed by atoms with Crippen LogP contribution in [0.25, 0.3) is 32.2 Å². The number of hydrogen-bond acceptors (Lipinski definition) is 9. The molecule has 2 aromatic heterocycles. The third-order valence-electron chi connectivity index (χ3n) is 8.88. The van der Waals surface area contributed by atoms with Crippen molar-refractivity contribution in [3.63, 3.8) is 0 Å². The number of thiazole rings is 1. The van der Waals surface area contributed by atoms with E-state index in [9.17, 15) is 17.6 Å². The van der Waals surface area contributed by atoms with Crippen LogP contribution in [0.15, 0.2) is 18.2 Å². The van der Waals surface area contributed by atoms with Gasteiger partial charge in [0.05, 0.1) is 15.8 Å². The van der Waals surface area contributed by atoms with Crippen LogP contribution < -0.4 is 20.7 Å². The molecular formula is C31H36F5N7OS. The van der Waals surface area contributed by atoms with Gasteiger partial charge in [-0.1, -0.05) is 25.2 Å². The first-order valence-corrected chi connectivity index (χ1v) is 16.1. The normalized spacial score (nSPS) is 21.7. The maximum absolute atomic E-state index is 16.2. The number of aromatic nitrogens is 3. The molecule has 3 atom stereocenters. The van der Waals surface area contributed by atoms with Crippen molar-refractivity contribution in [1.29, 1.82) is 0 Å². The Morgan fingerprint density at radius 2 is 1.96 bits per heavy atom. The molecule has 242 valence electrons.